The van der Waals surface area contributed by atoms with Crippen LogP contribution in [0.2, 0.25) is 0 Å². The van der Waals surface area contributed by atoms with E-state index < -0.39 is 0 Å². The summed E-state index contributed by atoms with van der Waals surface area (Å²) in [7, 11) is 0. The minimum atomic E-state index is 0. The molecule has 0 N–H and O–H groups in total. The Morgan fingerprint density at radius 2 is 1.17 bits per heavy atom. The number of aryl methyl sites for hydroxylation is 4. The Morgan fingerprint density at radius 1 is 0.558 bits per heavy atom. The summed E-state index contributed by atoms with van der Waals surface area (Å²) in [5, 5.41) is 6.02. The average molecular weight is 853 g/mol. The van der Waals surface area contributed by atoms with E-state index in [1.165, 1.54) is 33.4 Å². The second-order valence-corrected chi connectivity index (χ2v) is 13.4. The molecule has 0 aliphatic carbocycles. The summed E-state index contributed by atoms with van der Waals surface area (Å²) in [5.74, 6) is 1.17. The number of benzene rings is 5. The molecule has 0 saturated heterocycles. The van der Waals surface area contributed by atoms with Crippen molar-refractivity contribution in [1.29, 1.82) is 0 Å². The van der Waals surface area contributed by atoms with Crippen molar-refractivity contribution in [2.24, 2.45) is 0 Å². The van der Waals surface area contributed by atoms with Crippen LogP contribution in [0, 0.1) is 39.8 Å². The van der Waals surface area contributed by atoms with Gasteiger partial charge in [0.05, 0.1) is 17.0 Å². The zero-order valence-electron chi connectivity index (χ0n) is 28.9. The van der Waals surface area contributed by atoms with Crippen LogP contribution in [0.5, 0.6) is 11.5 Å². The molecule has 7 heteroatoms. The van der Waals surface area contributed by atoms with Gasteiger partial charge < -0.3 is 13.5 Å². The standard InChI is InChI=1S/C45H31N5O.Pt/c1-26-8-5-9-27(2)41(26)30-13-16-35-33-17-14-31(23-37(33)43-47-20-21-49(43)39(35)22-30)51-32-15-18-34-36-12-7-19-46-44(36)50-40(25-48-45(50)38(34)24-32)42-28(3)10-6-11-29(42)4;/h5-22,25H,1-4H3;/q-2;+2. The van der Waals surface area contributed by atoms with E-state index in [0.717, 1.165) is 66.0 Å². The summed E-state index contributed by atoms with van der Waals surface area (Å²) in [4.78, 5) is 14.6. The van der Waals surface area contributed by atoms with Crippen molar-refractivity contribution < 1.29 is 25.8 Å². The van der Waals surface area contributed by atoms with Gasteiger partial charge in [-0.05, 0) is 84.0 Å². The van der Waals surface area contributed by atoms with Gasteiger partial charge in [0, 0.05) is 47.4 Å². The van der Waals surface area contributed by atoms with Gasteiger partial charge in [-0.25, -0.2) is 4.98 Å². The normalized spacial score (nSPS) is 11.7. The Hall–Kier alpha value is -5.84. The molecule has 0 bridgehead atoms. The fourth-order valence-electron chi connectivity index (χ4n) is 7.98. The van der Waals surface area contributed by atoms with Gasteiger partial charge in [-0.1, -0.05) is 100 Å². The summed E-state index contributed by atoms with van der Waals surface area (Å²) < 4.78 is 10.8. The fourth-order valence-corrected chi connectivity index (χ4v) is 7.98. The average Bonchev–Trinajstić information content (AvgIpc) is 3.81. The molecule has 0 atom stereocenters. The van der Waals surface area contributed by atoms with Crippen molar-refractivity contribution >= 4 is 54.8 Å². The summed E-state index contributed by atoms with van der Waals surface area (Å²) in [6, 6.07) is 38.9. The van der Waals surface area contributed by atoms with Crippen LogP contribution >= 0.6 is 0 Å². The monoisotopic (exact) mass is 852 g/mol. The van der Waals surface area contributed by atoms with Gasteiger partial charge >= 0.3 is 21.1 Å². The molecule has 10 aromatic rings. The molecule has 0 saturated carbocycles. The number of aromatic nitrogens is 5. The Labute approximate surface area is 314 Å². The molecule has 0 radical (unpaired) electrons. The van der Waals surface area contributed by atoms with Gasteiger partial charge in [-0.15, -0.1) is 12.1 Å². The van der Waals surface area contributed by atoms with Crippen LogP contribution in [-0.2, 0) is 21.1 Å². The maximum atomic E-state index is 6.53. The molecule has 0 amide bonds. The number of ether oxygens (including phenoxy) is 1. The van der Waals surface area contributed by atoms with Crippen molar-refractivity contribution in [1.82, 2.24) is 23.8 Å². The van der Waals surface area contributed by atoms with Gasteiger partial charge in [0.15, 0.2) is 0 Å². The molecule has 52 heavy (non-hydrogen) atoms. The number of nitrogens with zero attached hydrogens (tertiary/aromatic N) is 5. The number of hydrogen-bond acceptors (Lipinski definition) is 4. The minimum absolute atomic E-state index is 0. The smallest absolute Gasteiger partial charge is 0.497 e. The van der Waals surface area contributed by atoms with Crippen molar-refractivity contribution in [3.05, 3.63) is 150 Å². The third-order valence-electron chi connectivity index (χ3n) is 10.3. The van der Waals surface area contributed by atoms with E-state index in [2.05, 4.69) is 121 Å². The van der Waals surface area contributed by atoms with Crippen molar-refractivity contribution in [3.8, 4) is 33.9 Å². The van der Waals surface area contributed by atoms with Gasteiger partial charge in [-0.2, -0.15) is 0 Å². The van der Waals surface area contributed by atoms with Crippen LogP contribution in [0.25, 0.3) is 77.2 Å². The van der Waals surface area contributed by atoms with E-state index in [9.17, 15) is 0 Å². The molecule has 5 aromatic heterocycles. The molecule has 0 aliphatic rings. The van der Waals surface area contributed by atoms with E-state index in [0.29, 0.717) is 11.5 Å². The zero-order valence-corrected chi connectivity index (χ0v) is 31.2. The predicted molar refractivity (Wildman–Crippen MR) is 206 cm³/mol. The van der Waals surface area contributed by atoms with Crippen molar-refractivity contribution in [3.63, 3.8) is 0 Å². The van der Waals surface area contributed by atoms with Crippen LogP contribution < -0.4 is 4.74 Å². The molecule has 252 valence electrons. The maximum Gasteiger partial charge on any atom is 2.00 e. The van der Waals surface area contributed by atoms with Crippen molar-refractivity contribution in [2.75, 3.05) is 0 Å². The van der Waals surface area contributed by atoms with E-state index >= 15 is 0 Å². The first-order valence-electron chi connectivity index (χ1n) is 17.1. The Balaban J connectivity index is 0.00000360. The number of pyridine rings is 3. The van der Waals surface area contributed by atoms with E-state index in [1.807, 2.05) is 43.0 Å². The third kappa shape index (κ3) is 4.78. The topological polar surface area (TPSA) is 56.7 Å². The largest absolute Gasteiger partial charge is 2.00 e. The molecular weight excluding hydrogens is 822 g/mol. The number of imidazole rings is 2. The molecule has 5 aromatic carbocycles. The summed E-state index contributed by atoms with van der Waals surface area (Å²) in [6.07, 6.45) is 7.65. The van der Waals surface area contributed by atoms with Gasteiger partial charge in [0.1, 0.15) is 5.65 Å². The molecular formula is C45H31N5OPt. The number of rotatable bonds is 4. The van der Waals surface area contributed by atoms with Crippen LogP contribution in [-0.4, -0.2) is 23.8 Å². The Bertz CT molecular complexity index is 3030. The second-order valence-electron chi connectivity index (χ2n) is 13.4. The first-order chi connectivity index (χ1) is 24.9. The van der Waals surface area contributed by atoms with Crippen molar-refractivity contribution in [2.45, 2.75) is 27.7 Å². The summed E-state index contributed by atoms with van der Waals surface area (Å²) >= 11 is 0. The molecule has 0 spiro atoms. The van der Waals surface area contributed by atoms with E-state index in [4.69, 9.17) is 19.7 Å². The first-order valence-corrected chi connectivity index (χ1v) is 17.1. The first kappa shape index (κ1) is 32.1. The summed E-state index contributed by atoms with van der Waals surface area (Å²) in [5.41, 5.74) is 13.1. The molecule has 6 nitrogen and oxygen atoms in total. The van der Waals surface area contributed by atoms with E-state index in [1.54, 1.807) is 0 Å². The van der Waals surface area contributed by atoms with Crippen LogP contribution in [0.15, 0.2) is 116 Å². The maximum absolute atomic E-state index is 6.53. The van der Waals surface area contributed by atoms with Crippen LogP contribution in [0.4, 0.5) is 0 Å². The minimum Gasteiger partial charge on any atom is -0.497 e. The molecule has 0 fully saturated rings. The zero-order chi connectivity index (χ0) is 34.4. The van der Waals surface area contributed by atoms with Gasteiger partial charge in [0.2, 0.25) is 0 Å². The predicted octanol–water partition coefficient (Wildman–Crippen LogP) is 10.9. The molecule has 0 aliphatic heterocycles. The van der Waals surface area contributed by atoms with Gasteiger partial charge in [-0.3, -0.25) is 9.97 Å². The Morgan fingerprint density at radius 3 is 1.88 bits per heavy atom. The molecule has 0 unspecified atom stereocenters. The molecule has 10 rings (SSSR count). The van der Waals surface area contributed by atoms with E-state index in [-0.39, 0.29) is 21.1 Å². The fraction of sp³-hybridized carbons (Fsp3) is 0.0889. The second kappa shape index (κ2) is 12.1. The third-order valence-corrected chi connectivity index (χ3v) is 10.3. The van der Waals surface area contributed by atoms with Crippen LogP contribution in [0.3, 0.4) is 0 Å². The summed E-state index contributed by atoms with van der Waals surface area (Å²) in [6.45, 7) is 8.62. The van der Waals surface area contributed by atoms with Gasteiger partial charge in [0.25, 0.3) is 0 Å². The quantitative estimate of drug-likeness (QED) is 0.131. The number of hydrogen-bond donors (Lipinski definition) is 0. The molecule has 5 heterocycles. The SMILES string of the molecule is Cc1cccc(C)c1-c1ccc2c3ccc(Oc4[c-]c5c(cc4)c4cccnc4n4c(-c6c(C)cccc6C)cnc54)[c-]c3c3nccn3c2c1.[Pt+2]. The Kier molecular flexibility index (Phi) is 7.49. The van der Waals surface area contributed by atoms with Crippen LogP contribution in [0.1, 0.15) is 22.3 Å². The number of fused-ring (bicyclic) bond motifs is 12.